The fraction of sp³-hybridized carbons (Fsp3) is 0.562. The Bertz CT molecular complexity index is 602. The second-order valence-electron chi connectivity index (χ2n) is 6.70. The number of amides is 1. The van der Waals surface area contributed by atoms with Gasteiger partial charge in [-0.15, -0.1) is 0 Å². The smallest absolute Gasteiger partial charge is 0.410 e. The van der Waals surface area contributed by atoms with Crippen LogP contribution in [-0.2, 0) is 4.74 Å². The van der Waals surface area contributed by atoms with Crippen LogP contribution in [0.3, 0.4) is 0 Å². The Labute approximate surface area is 134 Å². The molecular weight excluding hydrogens is 306 g/mol. The molecule has 0 saturated carbocycles. The first-order chi connectivity index (χ1) is 10.6. The Hall–Kier alpha value is -2.05. The maximum absolute atomic E-state index is 14.0. The number of carbonyl (C=O) groups is 1. The van der Waals surface area contributed by atoms with Crippen molar-refractivity contribution in [3.8, 4) is 5.75 Å². The predicted molar refractivity (Wildman–Crippen MR) is 82.6 cm³/mol. The summed E-state index contributed by atoms with van der Waals surface area (Å²) < 4.78 is 32.9. The van der Waals surface area contributed by atoms with E-state index in [1.54, 1.807) is 30.6 Å². The SMILES string of the molecule is C[C@H]1CN(C(=O)OC(C)(C)C)CCN1c1ccc(O)c(F)c1F. The van der Waals surface area contributed by atoms with Gasteiger partial charge in [-0.1, -0.05) is 0 Å². The number of rotatable bonds is 1. The number of benzene rings is 1. The number of hydrogen-bond acceptors (Lipinski definition) is 4. The van der Waals surface area contributed by atoms with E-state index in [-0.39, 0.29) is 11.7 Å². The van der Waals surface area contributed by atoms with E-state index in [1.807, 2.05) is 6.92 Å². The number of carbonyl (C=O) groups excluding carboxylic acids is 1. The maximum Gasteiger partial charge on any atom is 0.410 e. The van der Waals surface area contributed by atoms with Crippen molar-refractivity contribution >= 4 is 11.8 Å². The van der Waals surface area contributed by atoms with Crippen LogP contribution in [0.5, 0.6) is 5.75 Å². The van der Waals surface area contributed by atoms with E-state index in [0.29, 0.717) is 19.6 Å². The summed E-state index contributed by atoms with van der Waals surface area (Å²) in [6.45, 7) is 8.23. The van der Waals surface area contributed by atoms with Gasteiger partial charge in [0.25, 0.3) is 0 Å². The van der Waals surface area contributed by atoms with Crippen LogP contribution in [-0.4, -0.2) is 47.4 Å². The maximum atomic E-state index is 14.0. The summed E-state index contributed by atoms with van der Waals surface area (Å²) in [5, 5.41) is 9.21. The van der Waals surface area contributed by atoms with Gasteiger partial charge in [0.1, 0.15) is 5.60 Å². The van der Waals surface area contributed by atoms with Crippen molar-refractivity contribution in [2.75, 3.05) is 24.5 Å². The zero-order valence-electron chi connectivity index (χ0n) is 13.8. The molecule has 7 heteroatoms. The third-order valence-corrected chi connectivity index (χ3v) is 3.63. The van der Waals surface area contributed by atoms with Crippen molar-refractivity contribution in [3.05, 3.63) is 23.8 Å². The summed E-state index contributed by atoms with van der Waals surface area (Å²) in [6.07, 6.45) is -0.415. The summed E-state index contributed by atoms with van der Waals surface area (Å²) in [5.41, 5.74) is -0.499. The summed E-state index contributed by atoms with van der Waals surface area (Å²) >= 11 is 0. The second kappa shape index (κ2) is 6.22. The number of nitrogens with zero attached hydrogens (tertiary/aromatic N) is 2. The minimum absolute atomic E-state index is 0.0802. The van der Waals surface area contributed by atoms with Crippen molar-refractivity contribution in [2.45, 2.75) is 39.3 Å². The average molecular weight is 328 g/mol. The van der Waals surface area contributed by atoms with E-state index in [4.69, 9.17) is 4.74 Å². The molecule has 0 aromatic heterocycles. The van der Waals surface area contributed by atoms with E-state index in [9.17, 15) is 18.7 Å². The highest BCUT2D eigenvalue weighted by molar-refractivity contribution is 5.69. The normalized spacial score (nSPS) is 19.0. The van der Waals surface area contributed by atoms with Gasteiger partial charge in [0.2, 0.25) is 5.82 Å². The third-order valence-electron chi connectivity index (χ3n) is 3.63. The van der Waals surface area contributed by atoms with Gasteiger partial charge in [0.05, 0.1) is 5.69 Å². The lowest BCUT2D eigenvalue weighted by molar-refractivity contribution is 0.0218. The Morgan fingerprint density at radius 3 is 2.48 bits per heavy atom. The molecule has 128 valence electrons. The second-order valence-corrected chi connectivity index (χ2v) is 6.70. The molecule has 0 unspecified atom stereocenters. The van der Waals surface area contributed by atoms with Crippen LogP contribution >= 0.6 is 0 Å². The van der Waals surface area contributed by atoms with Crippen LogP contribution in [0, 0.1) is 11.6 Å². The number of aromatic hydroxyl groups is 1. The molecule has 1 saturated heterocycles. The number of halogens is 2. The van der Waals surface area contributed by atoms with Crippen molar-refractivity contribution in [3.63, 3.8) is 0 Å². The quantitative estimate of drug-likeness (QED) is 0.861. The molecular formula is C16H22F2N2O3. The Balaban J connectivity index is 2.11. The van der Waals surface area contributed by atoms with Crippen LogP contribution in [0.4, 0.5) is 19.3 Å². The number of phenolic OH excluding ortho intramolecular Hbond substituents is 1. The highest BCUT2D eigenvalue weighted by Crippen LogP contribution is 2.30. The number of hydrogen-bond donors (Lipinski definition) is 1. The van der Waals surface area contributed by atoms with Gasteiger partial charge >= 0.3 is 6.09 Å². The van der Waals surface area contributed by atoms with E-state index >= 15 is 0 Å². The van der Waals surface area contributed by atoms with Gasteiger partial charge < -0.3 is 19.6 Å². The number of anilines is 1. The van der Waals surface area contributed by atoms with Gasteiger partial charge in [-0.3, -0.25) is 0 Å². The first kappa shape index (κ1) is 17.3. The zero-order valence-corrected chi connectivity index (χ0v) is 13.8. The molecule has 1 heterocycles. The average Bonchev–Trinajstić information content (AvgIpc) is 2.44. The van der Waals surface area contributed by atoms with Crippen LogP contribution in [0.15, 0.2) is 12.1 Å². The number of phenols is 1. The summed E-state index contributed by atoms with van der Waals surface area (Å²) in [6, 6.07) is 2.25. The molecule has 0 spiro atoms. The largest absolute Gasteiger partial charge is 0.505 e. The minimum Gasteiger partial charge on any atom is -0.505 e. The van der Waals surface area contributed by atoms with E-state index in [1.165, 1.54) is 6.07 Å². The zero-order chi connectivity index (χ0) is 17.4. The molecule has 1 aromatic rings. The number of ether oxygens (including phenoxy) is 1. The van der Waals surface area contributed by atoms with E-state index in [2.05, 4.69) is 0 Å². The summed E-state index contributed by atoms with van der Waals surface area (Å²) in [5.74, 6) is -3.06. The third kappa shape index (κ3) is 3.83. The summed E-state index contributed by atoms with van der Waals surface area (Å²) in [7, 11) is 0. The molecule has 1 atom stereocenters. The van der Waals surface area contributed by atoms with Crippen molar-refractivity contribution in [1.82, 2.24) is 4.90 Å². The van der Waals surface area contributed by atoms with Crippen molar-refractivity contribution < 1.29 is 23.4 Å². The molecule has 1 aliphatic rings. The molecule has 1 aliphatic heterocycles. The van der Waals surface area contributed by atoms with Crippen molar-refractivity contribution in [1.29, 1.82) is 0 Å². The van der Waals surface area contributed by atoms with Gasteiger partial charge in [-0.2, -0.15) is 4.39 Å². The predicted octanol–water partition coefficient (Wildman–Crippen LogP) is 3.12. The fourth-order valence-electron chi connectivity index (χ4n) is 2.56. The Kier molecular flexibility index (Phi) is 4.68. The van der Waals surface area contributed by atoms with Gasteiger partial charge in [-0.05, 0) is 39.8 Å². The highest BCUT2D eigenvalue weighted by atomic mass is 19.2. The van der Waals surface area contributed by atoms with Crippen LogP contribution in [0.25, 0.3) is 0 Å². The first-order valence-electron chi connectivity index (χ1n) is 7.51. The lowest BCUT2D eigenvalue weighted by Gasteiger charge is -2.41. The molecule has 1 N–H and O–H groups in total. The van der Waals surface area contributed by atoms with Crippen LogP contribution in [0.1, 0.15) is 27.7 Å². The minimum atomic E-state index is -1.26. The van der Waals surface area contributed by atoms with Gasteiger partial charge in [0, 0.05) is 25.7 Å². The molecule has 1 amide bonds. The lowest BCUT2D eigenvalue weighted by Crippen LogP contribution is -2.54. The topological polar surface area (TPSA) is 53.0 Å². The van der Waals surface area contributed by atoms with E-state index in [0.717, 1.165) is 6.07 Å². The molecule has 2 rings (SSSR count). The van der Waals surface area contributed by atoms with Crippen LogP contribution in [0.2, 0.25) is 0 Å². The Morgan fingerprint density at radius 2 is 1.91 bits per heavy atom. The molecule has 1 aromatic carbocycles. The summed E-state index contributed by atoms with van der Waals surface area (Å²) in [4.78, 5) is 15.3. The molecule has 0 bridgehead atoms. The molecule has 23 heavy (non-hydrogen) atoms. The molecule has 5 nitrogen and oxygen atoms in total. The standard InChI is InChI=1S/C16H22F2N2O3/c1-10-9-19(15(22)23-16(2,3)4)7-8-20(10)11-5-6-12(21)14(18)13(11)17/h5-6,10,21H,7-9H2,1-4H3/t10-/m0/s1. The van der Waals surface area contributed by atoms with E-state index < -0.39 is 29.1 Å². The fourth-order valence-corrected chi connectivity index (χ4v) is 2.56. The molecule has 0 aliphatic carbocycles. The Morgan fingerprint density at radius 1 is 1.26 bits per heavy atom. The van der Waals surface area contributed by atoms with Crippen LogP contribution < -0.4 is 4.90 Å². The highest BCUT2D eigenvalue weighted by Gasteiger charge is 2.31. The molecule has 1 fully saturated rings. The van der Waals surface area contributed by atoms with Gasteiger partial charge in [0.15, 0.2) is 11.6 Å². The van der Waals surface area contributed by atoms with Gasteiger partial charge in [-0.25, -0.2) is 9.18 Å². The molecule has 0 radical (unpaired) electrons. The first-order valence-corrected chi connectivity index (χ1v) is 7.51. The number of piperazine rings is 1. The lowest BCUT2D eigenvalue weighted by atomic mass is 10.1. The van der Waals surface area contributed by atoms with Crippen molar-refractivity contribution in [2.24, 2.45) is 0 Å². The monoisotopic (exact) mass is 328 g/mol.